The molecule has 0 N–H and O–H groups in total. The summed E-state index contributed by atoms with van der Waals surface area (Å²) in [6, 6.07) is 9.92. The van der Waals surface area contributed by atoms with Gasteiger partial charge in [-0.25, -0.2) is 0 Å². The van der Waals surface area contributed by atoms with Gasteiger partial charge in [0.05, 0.1) is 22.3 Å². The molecule has 1 unspecified atom stereocenters. The van der Waals surface area contributed by atoms with Crippen molar-refractivity contribution in [3.05, 3.63) is 88.5 Å². The minimum absolute atomic E-state index is 0.0671. The fourth-order valence-corrected chi connectivity index (χ4v) is 16.5. The second-order valence-electron chi connectivity index (χ2n) is 15.4. The Hall–Kier alpha value is -2.32. The number of hydrogen-bond donors (Lipinski definition) is 0. The summed E-state index contributed by atoms with van der Waals surface area (Å²) < 4.78 is 170. The Morgan fingerprint density at radius 1 is 0.491 bits per heavy atom. The predicted octanol–water partition coefficient (Wildman–Crippen LogP) is 13.9. The lowest BCUT2D eigenvalue weighted by atomic mass is 9.87. The molecular formula is C41H44F12P2. The number of rotatable bonds is 8. The summed E-state index contributed by atoms with van der Waals surface area (Å²) in [4.78, 5) is 0. The zero-order valence-corrected chi connectivity index (χ0v) is 32.1. The Labute approximate surface area is 316 Å². The van der Waals surface area contributed by atoms with Gasteiger partial charge in [-0.15, -0.1) is 0 Å². The average molecular weight is 827 g/mol. The second-order valence-corrected chi connectivity index (χ2v) is 20.7. The highest BCUT2D eigenvalue weighted by atomic mass is 31.1. The first-order valence-electron chi connectivity index (χ1n) is 19.0. The van der Waals surface area contributed by atoms with E-state index < -0.39 is 85.0 Å². The van der Waals surface area contributed by atoms with Gasteiger partial charge >= 0.3 is 24.7 Å². The van der Waals surface area contributed by atoms with E-state index in [1.54, 1.807) is 6.92 Å². The Bertz CT molecular complexity index is 1610. The van der Waals surface area contributed by atoms with Crippen LogP contribution in [-0.4, -0.2) is 17.0 Å². The van der Waals surface area contributed by atoms with Crippen molar-refractivity contribution in [2.45, 2.75) is 138 Å². The normalized spacial score (nSPS) is 21.8. The number of halogens is 12. The van der Waals surface area contributed by atoms with Crippen molar-refractivity contribution in [3.63, 3.8) is 0 Å². The minimum atomic E-state index is -5.27. The fraction of sp³-hybridized carbons (Fsp3) is 0.561. The van der Waals surface area contributed by atoms with Crippen molar-refractivity contribution in [3.8, 4) is 0 Å². The van der Waals surface area contributed by atoms with Crippen molar-refractivity contribution in [2.24, 2.45) is 5.92 Å². The first-order valence-corrected chi connectivity index (χ1v) is 21.9. The van der Waals surface area contributed by atoms with Crippen LogP contribution in [0.15, 0.2) is 60.7 Å². The van der Waals surface area contributed by atoms with Gasteiger partial charge in [-0.3, -0.25) is 0 Å². The van der Waals surface area contributed by atoms with Crippen LogP contribution in [0.5, 0.6) is 0 Å². The van der Waals surface area contributed by atoms with E-state index in [2.05, 4.69) is 6.07 Å². The van der Waals surface area contributed by atoms with E-state index in [9.17, 15) is 52.7 Å². The zero-order chi connectivity index (χ0) is 39.9. The topological polar surface area (TPSA) is 0 Å². The van der Waals surface area contributed by atoms with E-state index >= 15 is 0 Å². The molecule has 3 aromatic rings. The molecule has 0 nitrogen and oxygen atoms in total. The molecule has 0 bridgehead atoms. The lowest BCUT2D eigenvalue weighted by molar-refractivity contribution is -0.144. The molecule has 3 saturated carbocycles. The summed E-state index contributed by atoms with van der Waals surface area (Å²) in [5, 5.41) is 0.118. The van der Waals surface area contributed by atoms with Gasteiger partial charge in [0.1, 0.15) is 0 Å². The zero-order valence-electron chi connectivity index (χ0n) is 30.3. The van der Waals surface area contributed by atoms with Gasteiger partial charge in [0.2, 0.25) is 0 Å². The molecule has 55 heavy (non-hydrogen) atoms. The average Bonchev–Trinajstić information content (AvgIpc) is 3.61. The molecule has 3 fully saturated rings. The van der Waals surface area contributed by atoms with Crippen LogP contribution in [-0.2, 0) is 24.7 Å². The second kappa shape index (κ2) is 16.5. The Morgan fingerprint density at radius 3 is 1.29 bits per heavy atom. The molecule has 302 valence electrons. The fourth-order valence-electron chi connectivity index (χ4n) is 9.36. The van der Waals surface area contributed by atoms with Gasteiger partial charge < -0.3 is 0 Å². The quantitative estimate of drug-likeness (QED) is 0.157. The van der Waals surface area contributed by atoms with Gasteiger partial charge in [0.25, 0.3) is 0 Å². The molecule has 3 aliphatic rings. The van der Waals surface area contributed by atoms with Crippen molar-refractivity contribution in [1.29, 1.82) is 0 Å². The summed E-state index contributed by atoms with van der Waals surface area (Å²) in [6.07, 6.45) is -7.96. The Balaban J connectivity index is 1.52. The molecule has 3 aliphatic carbocycles. The van der Waals surface area contributed by atoms with Crippen LogP contribution in [0.25, 0.3) is 0 Å². The van der Waals surface area contributed by atoms with Crippen LogP contribution in [0, 0.1) is 5.92 Å². The van der Waals surface area contributed by atoms with Gasteiger partial charge in [0, 0.05) is 0 Å². The standard InChI is InChI=1S/C41H44F12P2/c1-25(34-16-10-17-35(34)36-15-8-9-18-37(36)55(30-11-4-2-5-12-30)31-13-6-3-7-14-31)54(32-21-26(38(42,43)44)19-27(22-32)39(45,46)47)33-23-28(40(48,49)50)20-29(24-33)41(51,52)53/h8-9,15,18-25,30-31,34-35H,2-7,10-14,16-17H2,1H3/t25-,34+,35?/m1/s1. The smallest absolute Gasteiger partial charge is 0.166 e. The van der Waals surface area contributed by atoms with Gasteiger partial charge in [-0.1, -0.05) is 84.1 Å². The van der Waals surface area contributed by atoms with Crippen molar-refractivity contribution in [2.75, 3.05) is 0 Å². The predicted molar refractivity (Wildman–Crippen MR) is 195 cm³/mol. The number of benzene rings is 3. The summed E-state index contributed by atoms with van der Waals surface area (Å²) in [5.74, 6) is -0.663. The summed E-state index contributed by atoms with van der Waals surface area (Å²) >= 11 is 0. The van der Waals surface area contributed by atoms with Gasteiger partial charge in [-0.05, 0) is 133 Å². The lowest BCUT2D eigenvalue weighted by Gasteiger charge is -2.41. The van der Waals surface area contributed by atoms with Crippen molar-refractivity contribution >= 4 is 31.8 Å². The monoisotopic (exact) mass is 826 g/mol. The highest BCUT2D eigenvalue weighted by molar-refractivity contribution is 7.73. The molecule has 14 heteroatoms. The molecule has 0 radical (unpaired) electrons. The van der Waals surface area contributed by atoms with E-state index in [1.165, 1.54) is 18.1 Å². The van der Waals surface area contributed by atoms with E-state index in [1.807, 2.05) is 18.2 Å². The van der Waals surface area contributed by atoms with Crippen LogP contribution >= 0.6 is 15.8 Å². The molecule has 0 aliphatic heterocycles. The van der Waals surface area contributed by atoms with E-state index in [0.29, 0.717) is 54.8 Å². The van der Waals surface area contributed by atoms with E-state index in [-0.39, 0.29) is 18.1 Å². The van der Waals surface area contributed by atoms with E-state index in [0.717, 1.165) is 56.9 Å². The molecular weight excluding hydrogens is 782 g/mol. The maximum atomic E-state index is 14.2. The maximum Gasteiger partial charge on any atom is 0.416 e. The molecule has 0 saturated heterocycles. The Kier molecular flexibility index (Phi) is 12.7. The van der Waals surface area contributed by atoms with Crippen LogP contribution in [0.1, 0.15) is 124 Å². The molecule has 0 aromatic heterocycles. The largest absolute Gasteiger partial charge is 0.416 e. The highest BCUT2D eigenvalue weighted by Crippen LogP contribution is 2.59. The molecule has 0 amide bonds. The number of alkyl halides is 12. The summed E-state index contributed by atoms with van der Waals surface area (Å²) in [7, 11) is -3.27. The SMILES string of the molecule is C[C@H]([C@@H]1CCCC1c1ccccc1P(C1CCCCC1)C1CCCCC1)P(c1cc(C(F)(F)F)cc(C(F)(F)F)c1)c1cc(C(F)(F)F)cc(C(F)(F)F)c1. The highest BCUT2D eigenvalue weighted by Gasteiger charge is 2.45. The molecule has 3 atom stereocenters. The molecule has 6 rings (SSSR count). The van der Waals surface area contributed by atoms with Crippen LogP contribution in [0.2, 0.25) is 0 Å². The van der Waals surface area contributed by atoms with Gasteiger partial charge in [-0.2, -0.15) is 52.7 Å². The third-order valence-electron chi connectivity index (χ3n) is 11.8. The first kappa shape index (κ1) is 42.3. The minimum Gasteiger partial charge on any atom is -0.166 e. The van der Waals surface area contributed by atoms with Crippen LogP contribution in [0.3, 0.4) is 0 Å². The maximum absolute atomic E-state index is 14.2. The van der Waals surface area contributed by atoms with Crippen molar-refractivity contribution < 1.29 is 52.7 Å². The van der Waals surface area contributed by atoms with Gasteiger partial charge in [0.15, 0.2) is 0 Å². The number of hydrogen-bond acceptors (Lipinski definition) is 0. The first-order chi connectivity index (χ1) is 25.7. The van der Waals surface area contributed by atoms with E-state index in [4.69, 9.17) is 0 Å². The van der Waals surface area contributed by atoms with Crippen LogP contribution in [0.4, 0.5) is 52.7 Å². The van der Waals surface area contributed by atoms with Crippen LogP contribution < -0.4 is 15.9 Å². The molecule has 0 spiro atoms. The third-order valence-corrected chi connectivity index (χ3v) is 18.2. The molecule has 3 aromatic carbocycles. The Morgan fingerprint density at radius 2 is 0.891 bits per heavy atom. The molecule has 0 heterocycles. The lowest BCUT2D eigenvalue weighted by Crippen LogP contribution is -2.32. The third kappa shape index (κ3) is 9.70. The summed E-state index contributed by atoms with van der Waals surface area (Å²) in [5.41, 5.74) is -5.47. The summed E-state index contributed by atoms with van der Waals surface area (Å²) in [6.45, 7) is 1.59. The van der Waals surface area contributed by atoms with Crippen molar-refractivity contribution in [1.82, 2.24) is 0 Å².